The third kappa shape index (κ3) is 3.36. The normalized spacial score (nSPS) is 12.6. The van der Waals surface area contributed by atoms with Gasteiger partial charge in [-0.2, -0.15) is 0 Å². The molecule has 0 atom stereocenters. The van der Waals surface area contributed by atoms with E-state index >= 15 is 0 Å². The molecule has 19 heavy (non-hydrogen) atoms. The van der Waals surface area contributed by atoms with Crippen molar-refractivity contribution in [1.29, 1.82) is 0 Å². The van der Waals surface area contributed by atoms with Crippen LogP contribution in [0.4, 0.5) is 0 Å². The van der Waals surface area contributed by atoms with Crippen LogP contribution in [0.3, 0.4) is 0 Å². The molecule has 0 radical (unpaired) electrons. The number of sulfonamides is 1. The van der Waals surface area contributed by atoms with Gasteiger partial charge in [-0.3, -0.25) is 0 Å². The number of carbonyl (C=O) groups is 1. The minimum absolute atomic E-state index is 0.0689. The van der Waals surface area contributed by atoms with E-state index in [9.17, 15) is 13.2 Å². The molecule has 1 aromatic rings. The Morgan fingerprint density at radius 1 is 1.42 bits per heavy atom. The summed E-state index contributed by atoms with van der Waals surface area (Å²) in [6, 6.07) is 1.03. The maximum absolute atomic E-state index is 12.3. The van der Waals surface area contributed by atoms with Crippen LogP contribution in [0.2, 0.25) is 0 Å². The largest absolute Gasteiger partial charge is 0.475 e. The van der Waals surface area contributed by atoms with Crippen LogP contribution in [0.25, 0.3) is 0 Å². The summed E-state index contributed by atoms with van der Waals surface area (Å²) in [5, 5.41) is 8.80. The summed E-state index contributed by atoms with van der Waals surface area (Å²) >= 11 is 0. The second kappa shape index (κ2) is 5.34. The molecule has 1 heterocycles. The Labute approximate surface area is 112 Å². The minimum Gasteiger partial charge on any atom is -0.475 e. The van der Waals surface area contributed by atoms with Crippen LogP contribution in [0, 0.1) is 6.92 Å². The quantitative estimate of drug-likeness (QED) is 0.836. The zero-order chi connectivity index (χ0) is 14.8. The predicted octanol–water partition coefficient (Wildman–Crippen LogP) is 2.14. The smallest absolute Gasteiger partial charge is 0.371 e. The zero-order valence-electron chi connectivity index (χ0n) is 11.5. The van der Waals surface area contributed by atoms with Crippen LogP contribution < -0.4 is 4.72 Å². The van der Waals surface area contributed by atoms with Gasteiger partial charge in [0.25, 0.3) is 0 Å². The van der Waals surface area contributed by atoms with Crippen LogP contribution in [-0.4, -0.2) is 25.0 Å². The van der Waals surface area contributed by atoms with Gasteiger partial charge < -0.3 is 9.52 Å². The van der Waals surface area contributed by atoms with E-state index in [1.54, 1.807) is 6.92 Å². The Bertz CT molecular complexity index is 569. The molecular weight excluding hydrogens is 270 g/mol. The van der Waals surface area contributed by atoms with Crippen molar-refractivity contribution in [2.24, 2.45) is 0 Å². The van der Waals surface area contributed by atoms with Crippen LogP contribution in [0.15, 0.2) is 15.4 Å². The first kappa shape index (κ1) is 15.7. The summed E-state index contributed by atoms with van der Waals surface area (Å²) < 4.78 is 32.0. The maximum atomic E-state index is 12.3. The molecule has 0 aliphatic heterocycles. The second-order valence-corrected chi connectivity index (χ2v) is 6.36. The topological polar surface area (TPSA) is 96.6 Å². The lowest BCUT2D eigenvalue weighted by Crippen LogP contribution is -2.44. The standard InChI is InChI=1S/C12H19NO5S/c1-5-12(4,6-2)13-19(16,17)10-7-9(11(14)15)18-8(10)3/h7,13H,5-6H2,1-4H3,(H,14,15). The van der Waals surface area contributed by atoms with Gasteiger partial charge in [-0.05, 0) is 26.7 Å². The predicted molar refractivity (Wildman–Crippen MR) is 69.7 cm³/mol. The van der Waals surface area contributed by atoms with Crippen LogP contribution in [-0.2, 0) is 10.0 Å². The number of carboxylic acids is 1. The molecule has 0 amide bonds. The number of furan rings is 1. The lowest BCUT2D eigenvalue weighted by Gasteiger charge is -2.27. The minimum atomic E-state index is -3.79. The van der Waals surface area contributed by atoms with E-state index in [-0.39, 0.29) is 16.4 Å². The third-order valence-electron chi connectivity index (χ3n) is 3.31. The zero-order valence-corrected chi connectivity index (χ0v) is 12.3. The number of nitrogens with one attached hydrogen (secondary N) is 1. The Morgan fingerprint density at radius 3 is 2.32 bits per heavy atom. The molecule has 1 aromatic heterocycles. The van der Waals surface area contributed by atoms with Crippen LogP contribution in [0.5, 0.6) is 0 Å². The average molecular weight is 289 g/mol. The van der Waals surface area contributed by atoms with Crippen molar-refractivity contribution in [2.45, 2.75) is 51.0 Å². The van der Waals surface area contributed by atoms with Gasteiger partial charge in [0.15, 0.2) is 0 Å². The number of aryl methyl sites for hydroxylation is 1. The molecule has 6 nitrogen and oxygen atoms in total. The number of hydrogen-bond acceptors (Lipinski definition) is 4. The SMILES string of the molecule is CCC(C)(CC)NS(=O)(=O)c1cc(C(=O)O)oc1C. The summed E-state index contributed by atoms with van der Waals surface area (Å²) in [4.78, 5) is 10.7. The second-order valence-electron chi connectivity index (χ2n) is 4.71. The molecule has 0 aromatic carbocycles. The van der Waals surface area contributed by atoms with Crippen molar-refractivity contribution < 1.29 is 22.7 Å². The summed E-state index contributed by atoms with van der Waals surface area (Å²) in [5.41, 5.74) is -0.564. The molecular formula is C12H19NO5S. The molecule has 0 bridgehead atoms. The molecule has 7 heteroatoms. The van der Waals surface area contributed by atoms with E-state index in [4.69, 9.17) is 9.52 Å². The third-order valence-corrected chi connectivity index (χ3v) is 5.06. The molecule has 0 saturated carbocycles. The van der Waals surface area contributed by atoms with Gasteiger partial charge in [0.1, 0.15) is 10.7 Å². The van der Waals surface area contributed by atoms with Crippen molar-refractivity contribution in [3.8, 4) is 0 Å². The molecule has 0 fully saturated rings. The molecule has 2 N–H and O–H groups in total. The number of carboxylic acid groups (broad SMARTS) is 1. The van der Waals surface area contributed by atoms with Gasteiger partial charge in [-0.15, -0.1) is 0 Å². The highest BCUT2D eigenvalue weighted by atomic mass is 32.2. The van der Waals surface area contributed by atoms with E-state index in [1.165, 1.54) is 6.92 Å². The van der Waals surface area contributed by atoms with Crippen LogP contribution in [0.1, 0.15) is 49.9 Å². The molecule has 0 spiro atoms. The fraction of sp³-hybridized carbons (Fsp3) is 0.583. The average Bonchev–Trinajstić information content (AvgIpc) is 2.71. The van der Waals surface area contributed by atoms with E-state index in [0.29, 0.717) is 12.8 Å². The highest BCUT2D eigenvalue weighted by Crippen LogP contribution is 2.23. The monoisotopic (exact) mass is 289 g/mol. The fourth-order valence-electron chi connectivity index (χ4n) is 1.61. The molecule has 0 aliphatic rings. The molecule has 1 rings (SSSR count). The van der Waals surface area contributed by atoms with Crippen molar-refractivity contribution in [3.63, 3.8) is 0 Å². The number of aromatic carboxylic acids is 1. The molecule has 0 saturated heterocycles. The van der Waals surface area contributed by atoms with Gasteiger partial charge in [-0.1, -0.05) is 13.8 Å². The van der Waals surface area contributed by atoms with E-state index in [1.807, 2.05) is 13.8 Å². The summed E-state index contributed by atoms with van der Waals surface area (Å²) in [6.07, 6.45) is 1.26. The summed E-state index contributed by atoms with van der Waals surface area (Å²) in [7, 11) is -3.79. The molecule has 0 aliphatic carbocycles. The lowest BCUT2D eigenvalue weighted by molar-refractivity contribution is 0.0661. The summed E-state index contributed by atoms with van der Waals surface area (Å²) in [6.45, 7) is 7.00. The van der Waals surface area contributed by atoms with Gasteiger partial charge >= 0.3 is 5.97 Å². The number of rotatable bonds is 6. The van der Waals surface area contributed by atoms with Crippen molar-refractivity contribution in [1.82, 2.24) is 4.72 Å². The first-order valence-corrected chi connectivity index (χ1v) is 7.51. The van der Waals surface area contributed by atoms with E-state index in [2.05, 4.69) is 4.72 Å². The Kier molecular flexibility index (Phi) is 4.42. The van der Waals surface area contributed by atoms with Crippen molar-refractivity contribution in [2.75, 3.05) is 0 Å². The first-order chi connectivity index (χ1) is 8.65. The van der Waals surface area contributed by atoms with Crippen molar-refractivity contribution >= 4 is 16.0 Å². The highest BCUT2D eigenvalue weighted by molar-refractivity contribution is 7.89. The van der Waals surface area contributed by atoms with E-state index in [0.717, 1.165) is 6.07 Å². The Hall–Kier alpha value is -1.34. The van der Waals surface area contributed by atoms with Gasteiger partial charge in [-0.25, -0.2) is 17.9 Å². The van der Waals surface area contributed by atoms with E-state index < -0.39 is 21.5 Å². The highest BCUT2D eigenvalue weighted by Gasteiger charge is 2.30. The fourth-order valence-corrected chi connectivity index (χ4v) is 3.34. The molecule has 108 valence electrons. The Morgan fingerprint density at radius 2 is 1.95 bits per heavy atom. The maximum Gasteiger partial charge on any atom is 0.371 e. The first-order valence-electron chi connectivity index (χ1n) is 6.03. The van der Waals surface area contributed by atoms with Gasteiger partial charge in [0.05, 0.1) is 0 Å². The van der Waals surface area contributed by atoms with Gasteiger partial charge in [0, 0.05) is 11.6 Å². The van der Waals surface area contributed by atoms with Crippen molar-refractivity contribution in [3.05, 3.63) is 17.6 Å². The Balaban J connectivity index is 3.18. The lowest BCUT2D eigenvalue weighted by atomic mass is 9.98. The molecule has 0 unspecified atom stereocenters. The van der Waals surface area contributed by atoms with Gasteiger partial charge in [0.2, 0.25) is 15.8 Å². The van der Waals surface area contributed by atoms with Crippen LogP contribution >= 0.6 is 0 Å². The number of hydrogen-bond donors (Lipinski definition) is 2. The summed E-state index contributed by atoms with van der Waals surface area (Å²) in [5.74, 6) is -1.61.